The van der Waals surface area contributed by atoms with E-state index in [9.17, 15) is 4.79 Å². The number of nitrogens with one attached hydrogen (secondary N) is 2. The lowest BCUT2D eigenvalue weighted by atomic mass is 9.73. The molecule has 0 unspecified atom stereocenters. The Kier molecular flexibility index (Phi) is 6.21. The number of fused-ring (bicyclic) bond motifs is 1. The summed E-state index contributed by atoms with van der Waals surface area (Å²) in [6.45, 7) is 1.20. The van der Waals surface area contributed by atoms with Gasteiger partial charge in [-0.25, -0.2) is 4.98 Å². The minimum atomic E-state index is -0.552. The van der Waals surface area contributed by atoms with Crippen LogP contribution in [0.3, 0.4) is 0 Å². The number of aromatic nitrogens is 2. The zero-order chi connectivity index (χ0) is 20.1. The third-order valence-corrected chi connectivity index (χ3v) is 6.41. The van der Waals surface area contributed by atoms with Crippen molar-refractivity contribution in [2.45, 2.75) is 30.7 Å². The van der Waals surface area contributed by atoms with Crippen LogP contribution >= 0.6 is 11.8 Å². The Morgan fingerprint density at radius 3 is 2.62 bits per heavy atom. The van der Waals surface area contributed by atoms with Crippen LogP contribution in [0, 0.1) is 0 Å². The maximum absolute atomic E-state index is 13.7. The van der Waals surface area contributed by atoms with Crippen LogP contribution in [-0.2, 0) is 14.9 Å². The van der Waals surface area contributed by atoms with Gasteiger partial charge in [0.15, 0.2) is 0 Å². The Labute approximate surface area is 175 Å². The van der Waals surface area contributed by atoms with Gasteiger partial charge < -0.3 is 15.0 Å². The highest BCUT2D eigenvalue weighted by Gasteiger charge is 2.42. The third-order valence-electron chi connectivity index (χ3n) is 5.76. The molecule has 0 aliphatic carbocycles. The van der Waals surface area contributed by atoms with Gasteiger partial charge in [-0.2, -0.15) is 11.8 Å². The van der Waals surface area contributed by atoms with Crippen molar-refractivity contribution >= 4 is 28.7 Å². The van der Waals surface area contributed by atoms with Crippen LogP contribution in [0.15, 0.2) is 54.6 Å². The van der Waals surface area contributed by atoms with Crippen molar-refractivity contribution in [1.82, 2.24) is 15.3 Å². The lowest BCUT2D eigenvalue weighted by molar-refractivity contribution is -0.131. The van der Waals surface area contributed by atoms with E-state index in [1.807, 2.05) is 42.5 Å². The van der Waals surface area contributed by atoms with Gasteiger partial charge in [0.05, 0.1) is 22.5 Å². The van der Waals surface area contributed by atoms with Crippen molar-refractivity contribution in [1.29, 1.82) is 0 Å². The molecule has 1 amide bonds. The molecule has 1 fully saturated rings. The van der Waals surface area contributed by atoms with Gasteiger partial charge >= 0.3 is 0 Å². The van der Waals surface area contributed by atoms with Crippen LogP contribution in [-0.4, -0.2) is 41.1 Å². The van der Waals surface area contributed by atoms with E-state index in [-0.39, 0.29) is 11.9 Å². The highest BCUT2D eigenvalue weighted by atomic mass is 32.2. The number of nitrogens with zero attached hydrogens (tertiary/aromatic N) is 1. The number of ether oxygens (including phenoxy) is 1. The predicted molar refractivity (Wildman–Crippen MR) is 118 cm³/mol. The molecule has 0 bridgehead atoms. The molecule has 0 radical (unpaired) electrons. The van der Waals surface area contributed by atoms with Crippen molar-refractivity contribution in [3.63, 3.8) is 0 Å². The SMILES string of the molecule is CSCC[C@@H](NC(=O)C1(c2ccccc2)CCOCC1)c1nc2ccccc2[nH]1. The second-order valence-electron chi connectivity index (χ2n) is 7.51. The van der Waals surface area contributed by atoms with Gasteiger partial charge in [-0.3, -0.25) is 4.79 Å². The number of aromatic amines is 1. The number of carbonyl (C=O) groups excluding carboxylic acids is 1. The van der Waals surface area contributed by atoms with Crippen LogP contribution in [0.4, 0.5) is 0 Å². The third kappa shape index (κ3) is 4.19. The molecule has 0 saturated carbocycles. The summed E-state index contributed by atoms with van der Waals surface area (Å²) >= 11 is 1.78. The summed E-state index contributed by atoms with van der Waals surface area (Å²) in [7, 11) is 0. The molecule has 2 heterocycles. The number of hydrogen-bond donors (Lipinski definition) is 2. The largest absolute Gasteiger partial charge is 0.381 e. The van der Waals surface area contributed by atoms with Gasteiger partial charge in [-0.1, -0.05) is 42.5 Å². The normalized spacial score (nSPS) is 17.1. The van der Waals surface area contributed by atoms with Crippen molar-refractivity contribution in [2.75, 3.05) is 25.2 Å². The molecule has 152 valence electrons. The van der Waals surface area contributed by atoms with E-state index < -0.39 is 5.41 Å². The topological polar surface area (TPSA) is 67.0 Å². The molecule has 1 aliphatic heterocycles. The Hall–Kier alpha value is -2.31. The number of para-hydroxylation sites is 2. The fourth-order valence-electron chi connectivity index (χ4n) is 4.07. The Morgan fingerprint density at radius 1 is 1.17 bits per heavy atom. The fraction of sp³-hybridized carbons (Fsp3) is 0.391. The smallest absolute Gasteiger partial charge is 0.231 e. The van der Waals surface area contributed by atoms with Gasteiger partial charge in [-0.05, 0) is 49.0 Å². The number of H-pyrrole nitrogens is 1. The van der Waals surface area contributed by atoms with Crippen molar-refractivity contribution in [3.8, 4) is 0 Å². The van der Waals surface area contributed by atoms with Crippen molar-refractivity contribution in [3.05, 3.63) is 66.0 Å². The van der Waals surface area contributed by atoms with E-state index >= 15 is 0 Å². The van der Waals surface area contributed by atoms with Crippen LogP contribution in [0.2, 0.25) is 0 Å². The molecule has 1 aliphatic rings. The molecule has 1 atom stereocenters. The van der Waals surface area contributed by atoms with Gasteiger partial charge in [0.1, 0.15) is 5.82 Å². The molecule has 4 rings (SSSR count). The second kappa shape index (κ2) is 9.01. The first-order valence-corrected chi connectivity index (χ1v) is 11.5. The maximum atomic E-state index is 13.7. The van der Waals surface area contributed by atoms with E-state index in [2.05, 4.69) is 28.7 Å². The average Bonchev–Trinajstić information content (AvgIpc) is 3.21. The molecule has 2 aromatic carbocycles. The Bertz CT molecular complexity index is 918. The summed E-state index contributed by atoms with van der Waals surface area (Å²) in [5, 5.41) is 3.34. The quantitative estimate of drug-likeness (QED) is 0.613. The number of carbonyl (C=O) groups is 1. The van der Waals surface area contributed by atoms with Crippen molar-refractivity contribution in [2.24, 2.45) is 0 Å². The van der Waals surface area contributed by atoms with Crippen molar-refractivity contribution < 1.29 is 9.53 Å². The molecular weight excluding hydrogens is 382 g/mol. The molecule has 3 aromatic rings. The van der Waals surface area contributed by atoms with Crippen LogP contribution in [0.5, 0.6) is 0 Å². The molecule has 1 aromatic heterocycles. The Morgan fingerprint density at radius 2 is 1.90 bits per heavy atom. The summed E-state index contributed by atoms with van der Waals surface area (Å²) in [5.74, 6) is 1.84. The van der Waals surface area contributed by atoms with E-state index in [0.29, 0.717) is 26.1 Å². The molecule has 1 saturated heterocycles. The second-order valence-corrected chi connectivity index (χ2v) is 8.49. The number of imidazole rings is 1. The number of hydrogen-bond acceptors (Lipinski definition) is 4. The van der Waals surface area contributed by atoms with E-state index in [4.69, 9.17) is 9.72 Å². The van der Waals surface area contributed by atoms with E-state index in [1.54, 1.807) is 11.8 Å². The van der Waals surface area contributed by atoms with Crippen LogP contribution in [0.25, 0.3) is 11.0 Å². The summed E-state index contributed by atoms with van der Waals surface area (Å²) in [4.78, 5) is 21.8. The molecule has 2 N–H and O–H groups in total. The molecule has 6 heteroatoms. The lowest BCUT2D eigenvalue weighted by Crippen LogP contribution is -2.49. The number of amides is 1. The summed E-state index contributed by atoms with van der Waals surface area (Å²) in [6.07, 6.45) is 4.30. The summed E-state index contributed by atoms with van der Waals surface area (Å²) < 4.78 is 5.59. The van der Waals surface area contributed by atoms with Gasteiger partial charge in [-0.15, -0.1) is 0 Å². The predicted octanol–water partition coefficient (Wildman–Crippen LogP) is 4.22. The molecule has 5 nitrogen and oxygen atoms in total. The average molecular weight is 410 g/mol. The highest BCUT2D eigenvalue weighted by molar-refractivity contribution is 7.98. The summed E-state index contributed by atoms with van der Waals surface area (Å²) in [6, 6.07) is 18.0. The standard InChI is InChI=1S/C23H27N3O2S/c1-29-16-11-20(21-24-18-9-5-6-10-19(18)25-21)26-22(27)23(12-14-28-15-13-23)17-7-3-2-4-8-17/h2-10,20H,11-16H2,1H3,(H,24,25)(H,26,27)/t20-/m1/s1. The zero-order valence-electron chi connectivity index (χ0n) is 16.7. The van der Waals surface area contributed by atoms with Crippen LogP contribution in [0.1, 0.15) is 36.7 Å². The number of benzene rings is 2. The maximum Gasteiger partial charge on any atom is 0.231 e. The number of thioether (sulfide) groups is 1. The lowest BCUT2D eigenvalue weighted by Gasteiger charge is -2.37. The molecule has 29 heavy (non-hydrogen) atoms. The first-order chi connectivity index (χ1) is 14.2. The monoisotopic (exact) mass is 409 g/mol. The minimum Gasteiger partial charge on any atom is -0.381 e. The minimum absolute atomic E-state index is 0.0681. The fourth-order valence-corrected chi connectivity index (χ4v) is 4.54. The van der Waals surface area contributed by atoms with Gasteiger partial charge in [0.2, 0.25) is 5.91 Å². The van der Waals surface area contributed by atoms with Crippen LogP contribution < -0.4 is 5.32 Å². The van der Waals surface area contributed by atoms with E-state index in [0.717, 1.165) is 34.6 Å². The number of rotatable bonds is 7. The molecule has 0 spiro atoms. The van der Waals surface area contributed by atoms with Gasteiger partial charge in [0.25, 0.3) is 0 Å². The Balaban J connectivity index is 1.64. The first kappa shape index (κ1) is 20.0. The highest BCUT2D eigenvalue weighted by Crippen LogP contribution is 2.36. The van der Waals surface area contributed by atoms with Gasteiger partial charge in [0, 0.05) is 13.2 Å². The first-order valence-electron chi connectivity index (χ1n) is 10.1. The van der Waals surface area contributed by atoms with E-state index in [1.165, 1.54) is 0 Å². The molecular formula is C23H27N3O2S. The zero-order valence-corrected chi connectivity index (χ0v) is 17.5. The summed E-state index contributed by atoms with van der Waals surface area (Å²) in [5.41, 5.74) is 2.43.